The van der Waals surface area contributed by atoms with Gasteiger partial charge in [0.1, 0.15) is 17.2 Å². The van der Waals surface area contributed by atoms with Crippen LogP contribution in [0.4, 0.5) is 5.95 Å². The fourth-order valence-corrected chi connectivity index (χ4v) is 4.57. The highest BCUT2D eigenvalue weighted by Gasteiger charge is 2.52. The number of nitrogens with one attached hydrogen (secondary N) is 1. The highest BCUT2D eigenvalue weighted by molar-refractivity contribution is 6.65. The van der Waals surface area contributed by atoms with Crippen molar-refractivity contribution in [3.8, 4) is 11.3 Å². The van der Waals surface area contributed by atoms with Crippen molar-refractivity contribution in [2.45, 2.75) is 84.2 Å². The van der Waals surface area contributed by atoms with Gasteiger partial charge in [-0.2, -0.15) is 0 Å². The number of fused-ring (bicyclic) bond motifs is 1. The number of carbonyl (C=O) groups is 1. The van der Waals surface area contributed by atoms with Gasteiger partial charge in [0.25, 0.3) is 0 Å². The number of rotatable bonds is 4. The molecule has 0 bridgehead atoms. The Morgan fingerprint density at radius 1 is 1.17 bits per heavy atom. The van der Waals surface area contributed by atoms with Crippen LogP contribution in [0.5, 0.6) is 0 Å². The maximum atomic E-state index is 12.8. The third-order valence-electron chi connectivity index (χ3n) is 7.08. The zero-order valence-corrected chi connectivity index (χ0v) is 21.5. The van der Waals surface area contributed by atoms with E-state index in [2.05, 4.69) is 15.0 Å². The average molecular weight is 480 g/mol. The number of aromatic amines is 1. The van der Waals surface area contributed by atoms with Crippen molar-refractivity contribution in [2.75, 3.05) is 11.4 Å². The van der Waals surface area contributed by atoms with Crippen molar-refractivity contribution >= 4 is 35.6 Å². The molecular formula is C25H33BN4O5. The Morgan fingerprint density at radius 2 is 1.89 bits per heavy atom. The Bertz CT molecular complexity index is 1240. The summed E-state index contributed by atoms with van der Waals surface area (Å²) < 4.78 is 23.9. The Kier molecular flexibility index (Phi) is 5.52. The molecule has 9 nitrogen and oxygen atoms in total. The van der Waals surface area contributed by atoms with Crippen LogP contribution in [0.25, 0.3) is 22.4 Å². The van der Waals surface area contributed by atoms with E-state index in [-0.39, 0.29) is 12.0 Å². The van der Waals surface area contributed by atoms with Crippen LogP contribution >= 0.6 is 0 Å². The minimum Gasteiger partial charge on any atom is -0.458 e. The number of nitrogens with zero attached hydrogens (tertiary/aromatic N) is 3. The topological polar surface area (TPSA) is 103 Å². The molecule has 1 aromatic carbocycles. The molecule has 0 saturated carbocycles. The molecule has 0 amide bonds. The molecule has 2 fully saturated rings. The number of aromatic nitrogens is 3. The molecule has 2 saturated heterocycles. The second-order valence-corrected chi connectivity index (χ2v) is 11.3. The largest absolute Gasteiger partial charge is 0.497 e. The summed E-state index contributed by atoms with van der Waals surface area (Å²) >= 11 is 0. The standard InChI is InChI=1S/C25H33BN4O5/c1-23(2,3)33-21(31)18-9-8-12-30(18)22-27-13-17(29-22)15-10-11-16(19-20(15)32-14-28-19)26-34-24(4,5)25(6,7)35-26/h10-11,13-14,18H,8-9,12H2,1-7H3,(H,27,29). The predicted octanol–water partition coefficient (Wildman–Crippen LogP) is 3.83. The predicted molar refractivity (Wildman–Crippen MR) is 134 cm³/mol. The Hall–Kier alpha value is -2.85. The van der Waals surface area contributed by atoms with E-state index in [9.17, 15) is 4.79 Å². The van der Waals surface area contributed by atoms with Gasteiger partial charge < -0.3 is 28.3 Å². The van der Waals surface area contributed by atoms with Crippen LogP contribution in [0.1, 0.15) is 61.3 Å². The molecule has 186 valence electrons. The van der Waals surface area contributed by atoms with E-state index in [1.165, 1.54) is 6.39 Å². The number of hydrogen-bond donors (Lipinski definition) is 1. The monoisotopic (exact) mass is 480 g/mol. The average Bonchev–Trinajstić information content (AvgIpc) is 3.52. The van der Waals surface area contributed by atoms with Crippen molar-refractivity contribution < 1.29 is 23.3 Å². The van der Waals surface area contributed by atoms with Gasteiger partial charge in [-0.1, -0.05) is 6.07 Å². The summed E-state index contributed by atoms with van der Waals surface area (Å²) in [4.78, 5) is 27.2. The van der Waals surface area contributed by atoms with Crippen molar-refractivity contribution in [3.05, 3.63) is 24.7 Å². The fourth-order valence-electron chi connectivity index (χ4n) is 4.57. The maximum absolute atomic E-state index is 12.8. The lowest BCUT2D eigenvalue weighted by Gasteiger charge is -2.32. The lowest BCUT2D eigenvalue weighted by atomic mass is 9.77. The number of hydrogen-bond acceptors (Lipinski definition) is 8. The molecular weight excluding hydrogens is 447 g/mol. The summed E-state index contributed by atoms with van der Waals surface area (Å²) in [7, 11) is -0.543. The summed E-state index contributed by atoms with van der Waals surface area (Å²) in [6.07, 6.45) is 4.82. The lowest BCUT2D eigenvalue weighted by Crippen LogP contribution is -2.41. The van der Waals surface area contributed by atoms with Crippen LogP contribution in [-0.4, -0.2) is 57.4 Å². The molecule has 2 aliphatic rings. The van der Waals surface area contributed by atoms with Gasteiger partial charge >= 0.3 is 13.1 Å². The summed E-state index contributed by atoms with van der Waals surface area (Å²) in [5.74, 6) is 0.411. The molecule has 5 rings (SSSR count). The summed E-state index contributed by atoms with van der Waals surface area (Å²) in [6.45, 7) is 14.5. The number of anilines is 1. The molecule has 0 spiro atoms. The van der Waals surface area contributed by atoms with Crippen molar-refractivity contribution in [1.29, 1.82) is 0 Å². The second-order valence-electron chi connectivity index (χ2n) is 11.3. The molecule has 2 aromatic heterocycles. The van der Waals surface area contributed by atoms with Gasteiger partial charge in [0.05, 0.1) is 23.1 Å². The number of ether oxygens (including phenoxy) is 1. The Balaban J connectivity index is 1.43. The van der Waals surface area contributed by atoms with Crippen molar-refractivity contribution in [3.63, 3.8) is 0 Å². The number of esters is 1. The SMILES string of the molecule is CC(C)(C)OC(=O)C1CCCN1c1ncc(-c2ccc(B3OC(C)(C)C(C)(C)O3)c3ncoc23)[nH]1. The van der Waals surface area contributed by atoms with Crippen LogP contribution in [0.15, 0.2) is 29.1 Å². The van der Waals surface area contributed by atoms with E-state index in [0.717, 1.165) is 36.1 Å². The molecule has 0 radical (unpaired) electrons. The van der Waals surface area contributed by atoms with Crippen LogP contribution in [-0.2, 0) is 18.8 Å². The van der Waals surface area contributed by atoms with E-state index < -0.39 is 23.9 Å². The van der Waals surface area contributed by atoms with Crippen LogP contribution in [0.2, 0.25) is 0 Å². The van der Waals surface area contributed by atoms with Gasteiger partial charge in [-0.3, -0.25) is 0 Å². The molecule has 2 aliphatic heterocycles. The number of imidazole rings is 1. The molecule has 10 heteroatoms. The van der Waals surface area contributed by atoms with E-state index in [0.29, 0.717) is 17.0 Å². The number of carbonyl (C=O) groups excluding carboxylic acids is 1. The fraction of sp³-hybridized carbons (Fsp3) is 0.560. The van der Waals surface area contributed by atoms with Crippen molar-refractivity contribution in [1.82, 2.24) is 15.0 Å². The Morgan fingerprint density at radius 3 is 2.57 bits per heavy atom. The Labute approximate surface area is 205 Å². The second kappa shape index (κ2) is 8.10. The summed E-state index contributed by atoms with van der Waals surface area (Å²) in [6, 6.07) is 3.56. The quantitative estimate of drug-likeness (QED) is 0.444. The maximum Gasteiger partial charge on any atom is 0.497 e. The third-order valence-corrected chi connectivity index (χ3v) is 7.08. The van der Waals surface area contributed by atoms with E-state index >= 15 is 0 Å². The van der Waals surface area contributed by atoms with E-state index in [1.54, 1.807) is 6.20 Å². The first kappa shape index (κ1) is 23.9. The van der Waals surface area contributed by atoms with Crippen LogP contribution in [0, 0.1) is 0 Å². The van der Waals surface area contributed by atoms with Crippen LogP contribution in [0.3, 0.4) is 0 Å². The molecule has 1 N–H and O–H groups in total. The van der Waals surface area contributed by atoms with E-state index in [1.807, 2.05) is 65.5 Å². The molecule has 4 heterocycles. The highest BCUT2D eigenvalue weighted by atomic mass is 16.7. The summed E-state index contributed by atoms with van der Waals surface area (Å²) in [5.41, 5.74) is 2.29. The van der Waals surface area contributed by atoms with Crippen molar-refractivity contribution in [2.24, 2.45) is 0 Å². The van der Waals surface area contributed by atoms with Gasteiger partial charge in [-0.05, 0) is 67.4 Å². The minimum atomic E-state index is -0.543. The van der Waals surface area contributed by atoms with Gasteiger partial charge in [0.15, 0.2) is 12.0 Å². The number of H-pyrrole nitrogens is 1. The van der Waals surface area contributed by atoms with Gasteiger partial charge in [0.2, 0.25) is 5.95 Å². The van der Waals surface area contributed by atoms with Gasteiger partial charge in [0, 0.05) is 17.6 Å². The molecule has 0 aliphatic carbocycles. The zero-order valence-electron chi connectivity index (χ0n) is 21.5. The highest BCUT2D eigenvalue weighted by Crippen LogP contribution is 2.38. The lowest BCUT2D eigenvalue weighted by molar-refractivity contribution is -0.156. The van der Waals surface area contributed by atoms with Gasteiger partial charge in [-0.15, -0.1) is 0 Å². The normalized spacial score (nSPS) is 21.7. The zero-order chi connectivity index (χ0) is 25.2. The molecule has 1 unspecified atom stereocenters. The van der Waals surface area contributed by atoms with E-state index in [4.69, 9.17) is 18.5 Å². The first-order valence-corrected chi connectivity index (χ1v) is 12.1. The summed E-state index contributed by atoms with van der Waals surface area (Å²) in [5, 5.41) is 0. The smallest absolute Gasteiger partial charge is 0.458 e. The first-order chi connectivity index (χ1) is 16.4. The number of oxazole rings is 1. The number of benzene rings is 1. The molecule has 35 heavy (non-hydrogen) atoms. The minimum absolute atomic E-state index is 0.225. The molecule has 1 atom stereocenters. The van der Waals surface area contributed by atoms with Crippen LogP contribution < -0.4 is 10.4 Å². The first-order valence-electron chi connectivity index (χ1n) is 12.1. The molecule has 3 aromatic rings. The van der Waals surface area contributed by atoms with Gasteiger partial charge in [-0.25, -0.2) is 14.8 Å². The third kappa shape index (κ3) is 4.23.